The van der Waals surface area contributed by atoms with Crippen LogP contribution in [0.2, 0.25) is 0 Å². The van der Waals surface area contributed by atoms with Crippen molar-refractivity contribution in [1.82, 2.24) is 0 Å². The van der Waals surface area contributed by atoms with E-state index in [1.807, 2.05) is 19.1 Å². The first-order chi connectivity index (χ1) is 6.79. The zero-order chi connectivity index (χ0) is 10.4. The molecule has 14 heavy (non-hydrogen) atoms. The van der Waals surface area contributed by atoms with E-state index in [0.29, 0.717) is 12.4 Å². The van der Waals surface area contributed by atoms with Crippen molar-refractivity contribution in [3.63, 3.8) is 0 Å². The molecule has 2 nitrogen and oxygen atoms in total. The van der Waals surface area contributed by atoms with Crippen molar-refractivity contribution >= 4 is 0 Å². The molecule has 0 aromatic heterocycles. The van der Waals surface area contributed by atoms with Crippen LogP contribution in [0.5, 0.6) is 11.5 Å². The molecule has 0 spiro atoms. The lowest BCUT2D eigenvalue weighted by atomic mass is 10.1. The standard InChI is InChI=1S/C12H18O2/c1-3-5-7-10-8-6-9-11(13)12(10)14-4-2/h6,8-9,13H,3-5,7H2,1-2H3. The van der Waals surface area contributed by atoms with Crippen LogP contribution in [-0.4, -0.2) is 11.7 Å². The fourth-order valence-electron chi connectivity index (χ4n) is 1.45. The molecule has 2 heteroatoms. The van der Waals surface area contributed by atoms with E-state index in [1.165, 1.54) is 0 Å². The van der Waals surface area contributed by atoms with Gasteiger partial charge in [-0.05, 0) is 31.4 Å². The molecule has 0 saturated carbocycles. The summed E-state index contributed by atoms with van der Waals surface area (Å²) in [5, 5.41) is 9.60. The smallest absolute Gasteiger partial charge is 0.164 e. The highest BCUT2D eigenvalue weighted by Crippen LogP contribution is 2.30. The lowest BCUT2D eigenvalue weighted by Gasteiger charge is -2.11. The van der Waals surface area contributed by atoms with Crippen molar-refractivity contribution in [2.24, 2.45) is 0 Å². The summed E-state index contributed by atoms with van der Waals surface area (Å²) in [4.78, 5) is 0. The monoisotopic (exact) mass is 194 g/mol. The lowest BCUT2D eigenvalue weighted by Crippen LogP contribution is -1.97. The average Bonchev–Trinajstić information content (AvgIpc) is 2.19. The van der Waals surface area contributed by atoms with Gasteiger partial charge < -0.3 is 9.84 Å². The number of hydrogen-bond donors (Lipinski definition) is 1. The summed E-state index contributed by atoms with van der Waals surface area (Å²) in [7, 11) is 0. The number of aryl methyl sites for hydroxylation is 1. The first kappa shape index (κ1) is 10.9. The molecule has 0 amide bonds. The minimum absolute atomic E-state index is 0.250. The Morgan fingerprint density at radius 1 is 1.29 bits per heavy atom. The van der Waals surface area contributed by atoms with Gasteiger partial charge in [0.2, 0.25) is 0 Å². The van der Waals surface area contributed by atoms with E-state index < -0.39 is 0 Å². The van der Waals surface area contributed by atoms with Crippen molar-refractivity contribution in [2.45, 2.75) is 33.1 Å². The Balaban J connectivity index is 2.83. The summed E-state index contributed by atoms with van der Waals surface area (Å²) >= 11 is 0. The van der Waals surface area contributed by atoms with Crippen molar-refractivity contribution in [3.8, 4) is 11.5 Å². The summed E-state index contributed by atoms with van der Waals surface area (Å²) < 4.78 is 5.41. The van der Waals surface area contributed by atoms with Gasteiger partial charge >= 0.3 is 0 Å². The number of para-hydroxylation sites is 1. The number of rotatable bonds is 5. The fraction of sp³-hybridized carbons (Fsp3) is 0.500. The minimum atomic E-state index is 0.250. The molecule has 0 fully saturated rings. The molecule has 0 atom stereocenters. The van der Waals surface area contributed by atoms with Crippen molar-refractivity contribution in [2.75, 3.05) is 6.61 Å². The highest BCUT2D eigenvalue weighted by molar-refractivity contribution is 5.45. The van der Waals surface area contributed by atoms with Gasteiger partial charge in [0, 0.05) is 0 Å². The van der Waals surface area contributed by atoms with E-state index in [-0.39, 0.29) is 5.75 Å². The predicted molar refractivity (Wildman–Crippen MR) is 57.9 cm³/mol. The van der Waals surface area contributed by atoms with Crippen LogP contribution in [0.1, 0.15) is 32.3 Å². The van der Waals surface area contributed by atoms with Crippen LogP contribution in [-0.2, 0) is 6.42 Å². The maximum Gasteiger partial charge on any atom is 0.164 e. The quantitative estimate of drug-likeness (QED) is 0.780. The van der Waals surface area contributed by atoms with E-state index in [0.717, 1.165) is 24.8 Å². The normalized spacial score (nSPS) is 10.1. The highest BCUT2D eigenvalue weighted by atomic mass is 16.5. The molecule has 1 aromatic carbocycles. The van der Waals surface area contributed by atoms with Crippen LogP contribution >= 0.6 is 0 Å². The number of phenols is 1. The van der Waals surface area contributed by atoms with Gasteiger partial charge in [-0.2, -0.15) is 0 Å². The van der Waals surface area contributed by atoms with Crippen LogP contribution in [0.15, 0.2) is 18.2 Å². The number of unbranched alkanes of at least 4 members (excludes halogenated alkanes) is 1. The van der Waals surface area contributed by atoms with Gasteiger partial charge in [-0.1, -0.05) is 25.5 Å². The van der Waals surface area contributed by atoms with Crippen molar-refractivity contribution in [3.05, 3.63) is 23.8 Å². The van der Waals surface area contributed by atoms with Crippen LogP contribution in [0.3, 0.4) is 0 Å². The molecular formula is C12H18O2. The van der Waals surface area contributed by atoms with Crippen LogP contribution in [0.4, 0.5) is 0 Å². The lowest BCUT2D eigenvalue weighted by molar-refractivity contribution is 0.314. The van der Waals surface area contributed by atoms with Gasteiger partial charge in [0.05, 0.1) is 6.61 Å². The number of aromatic hydroxyl groups is 1. The third-order valence-corrected chi connectivity index (χ3v) is 2.16. The van der Waals surface area contributed by atoms with E-state index >= 15 is 0 Å². The Bertz CT molecular complexity index is 282. The van der Waals surface area contributed by atoms with Gasteiger partial charge in [-0.15, -0.1) is 0 Å². The zero-order valence-electron chi connectivity index (χ0n) is 8.92. The third kappa shape index (κ3) is 2.66. The molecule has 1 aromatic rings. The summed E-state index contributed by atoms with van der Waals surface area (Å²) in [5.74, 6) is 0.906. The maximum absolute atomic E-state index is 9.60. The Kier molecular flexibility index (Phi) is 4.30. The number of benzene rings is 1. The molecule has 1 N–H and O–H groups in total. The van der Waals surface area contributed by atoms with E-state index in [9.17, 15) is 5.11 Å². The van der Waals surface area contributed by atoms with E-state index in [4.69, 9.17) is 4.74 Å². The Labute approximate surface area is 85.5 Å². The Morgan fingerprint density at radius 2 is 2.07 bits per heavy atom. The highest BCUT2D eigenvalue weighted by Gasteiger charge is 2.07. The molecule has 0 aliphatic carbocycles. The summed E-state index contributed by atoms with van der Waals surface area (Å²) in [6, 6.07) is 5.55. The summed E-state index contributed by atoms with van der Waals surface area (Å²) in [6.07, 6.45) is 3.25. The van der Waals surface area contributed by atoms with E-state index in [2.05, 4.69) is 6.92 Å². The third-order valence-electron chi connectivity index (χ3n) is 2.16. The molecule has 0 radical (unpaired) electrons. The second kappa shape index (κ2) is 5.53. The SMILES string of the molecule is CCCCc1cccc(O)c1OCC. The molecule has 0 aliphatic heterocycles. The minimum Gasteiger partial charge on any atom is -0.504 e. The number of hydrogen-bond acceptors (Lipinski definition) is 2. The molecule has 0 bridgehead atoms. The molecule has 0 heterocycles. The molecule has 0 unspecified atom stereocenters. The number of ether oxygens (including phenoxy) is 1. The Hall–Kier alpha value is -1.18. The fourth-order valence-corrected chi connectivity index (χ4v) is 1.45. The Morgan fingerprint density at radius 3 is 2.71 bits per heavy atom. The van der Waals surface area contributed by atoms with Gasteiger partial charge in [0.15, 0.2) is 11.5 Å². The van der Waals surface area contributed by atoms with Crippen molar-refractivity contribution < 1.29 is 9.84 Å². The summed E-state index contributed by atoms with van der Waals surface area (Å²) in [6.45, 7) is 4.68. The molecular weight excluding hydrogens is 176 g/mol. The van der Waals surface area contributed by atoms with Crippen molar-refractivity contribution in [1.29, 1.82) is 0 Å². The van der Waals surface area contributed by atoms with Gasteiger partial charge in [-0.25, -0.2) is 0 Å². The van der Waals surface area contributed by atoms with Gasteiger partial charge in [-0.3, -0.25) is 0 Å². The first-order valence-corrected chi connectivity index (χ1v) is 5.23. The molecule has 0 aliphatic rings. The van der Waals surface area contributed by atoms with Crippen LogP contribution in [0, 0.1) is 0 Å². The first-order valence-electron chi connectivity index (χ1n) is 5.23. The molecule has 0 saturated heterocycles. The largest absolute Gasteiger partial charge is 0.504 e. The second-order valence-electron chi connectivity index (χ2n) is 3.30. The molecule has 78 valence electrons. The van der Waals surface area contributed by atoms with Gasteiger partial charge in [0.25, 0.3) is 0 Å². The average molecular weight is 194 g/mol. The van der Waals surface area contributed by atoms with Crippen LogP contribution < -0.4 is 4.74 Å². The maximum atomic E-state index is 9.60. The summed E-state index contributed by atoms with van der Waals surface area (Å²) in [5.41, 5.74) is 1.11. The van der Waals surface area contributed by atoms with Gasteiger partial charge in [0.1, 0.15) is 0 Å². The molecule has 1 rings (SSSR count). The second-order valence-corrected chi connectivity index (χ2v) is 3.30. The topological polar surface area (TPSA) is 29.5 Å². The number of phenolic OH excluding ortho intramolecular Hbond substituents is 1. The van der Waals surface area contributed by atoms with E-state index in [1.54, 1.807) is 6.07 Å². The predicted octanol–water partition coefficient (Wildman–Crippen LogP) is 3.13. The zero-order valence-corrected chi connectivity index (χ0v) is 8.92. The van der Waals surface area contributed by atoms with Crippen LogP contribution in [0.25, 0.3) is 0 Å².